The standard InChI is InChI=1S/C19H25N5O3/c25-19(21-10-7-17-22-18(23-27-17)15-3-4-15)24(13-16-2-1-11-26-16)12-14-5-8-20-9-6-14/h5-6,8-9,15-16H,1-4,7,10-13H2,(H,21,25). The maximum atomic E-state index is 12.7. The molecule has 0 spiro atoms. The first-order valence-electron chi connectivity index (χ1n) is 9.63. The van der Waals surface area contributed by atoms with E-state index in [1.165, 1.54) is 0 Å². The third-order valence-electron chi connectivity index (χ3n) is 4.90. The van der Waals surface area contributed by atoms with Gasteiger partial charge in [-0.05, 0) is 43.4 Å². The Kier molecular flexibility index (Phi) is 5.62. The van der Waals surface area contributed by atoms with Gasteiger partial charge >= 0.3 is 6.03 Å². The summed E-state index contributed by atoms with van der Waals surface area (Å²) in [7, 11) is 0. The van der Waals surface area contributed by atoms with Crippen LogP contribution in [0.5, 0.6) is 0 Å². The molecule has 2 aromatic rings. The fraction of sp³-hybridized carbons (Fsp3) is 0.579. The summed E-state index contributed by atoms with van der Waals surface area (Å²) in [5.41, 5.74) is 1.05. The average Bonchev–Trinajstić information content (AvgIpc) is 3.20. The van der Waals surface area contributed by atoms with Crippen LogP contribution in [0.1, 0.15) is 48.9 Å². The largest absolute Gasteiger partial charge is 0.376 e. The van der Waals surface area contributed by atoms with E-state index in [2.05, 4.69) is 20.4 Å². The van der Waals surface area contributed by atoms with Crippen molar-refractivity contribution in [3.05, 3.63) is 41.8 Å². The van der Waals surface area contributed by atoms with Gasteiger partial charge in [-0.15, -0.1) is 0 Å². The van der Waals surface area contributed by atoms with Gasteiger partial charge in [0.15, 0.2) is 5.82 Å². The second kappa shape index (κ2) is 8.47. The van der Waals surface area contributed by atoms with Crippen molar-refractivity contribution in [3.63, 3.8) is 0 Å². The molecule has 8 heteroatoms. The highest BCUT2D eigenvalue weighted by molar-refractivity contribution is 5.74. The van der Waals surface area contributed by atoms with E-state index in [1.807, 2.05) is 12.1 Å². The molecule has 2 aromatic heterocycles. The summed E-state index contributed by atoms with van der Waals surface area (Å²) in [6.07, 6.45) is 8.45. The average molecular weight is 371 g/mol. The molecule has 0 radical (unpaired) electrons. The van der Waals surface area contributed by atoms with Crippen molar-refractivity contribution in [2.75, 3.05) is 19.7 Å². The molecule has 3 heterocycles. The molecule has 2 amide bonds. The van der Waals surface area contributed by atoms with Crippen LogP contribution in [0.15, 0.2) is 29.0 Å². The highest BCUT2D eigenvalue weighted by atomic mass is 16.5. The van der Waals surface area contributed by atoms with Crippen LogP contribution in [0.3, 0.4) is 0 Å². The van der Waals surface area contributed by atoms with Gasteiger partial charge in [0, 0.05) is 51.0 Å². The highest BCUT2D eigenvalue weighted by Crippen LogP contribution is 2.38. The first kappa shape index (κ1) is 17.9. The van der Waals surface area contributed by atoms with E-state index in [1.54, 1.807) is 17.3 Å². The van der Waals surface area contributed by atoms with E-state index < -0.39 is 0 Å². The van der Waals surface area contributed by atoms with Crippen molar-refractivity contribution < 1.29 is 14.1 Å². The molecular formula is C19H25N5O3. The van der Waals surface area contributed by atoms with E-state index >= 15 is 0 Å². The Bertz CT molecular complexity index is 741. The van der Waals surface area contributed by atoms with Crippen LogP contribution in [0.25, 0.3) is 0 Å². The van der Waals surface area contributed by atoms with Gasteiger partial charge in [0.05, 0.1) is 6.10 Å². The van der Waals surface area contributed by atoms with Gasteiger partial charge < -0.3 is 19.5 Å². The molecule has 1 saturated carbocycles. The van der Waals surface area contributed by atoms with Gasteiger partial charge in [0.2, 0.25) is 5.89 Å². The fourth-order valence-corrected chi connectivity index (χ4v) is 3.23. The number of rotatable bonds is 8. The first-order valence-corrected chi connectivity index (χ1v) is 9.63. The van der Waals surface area contributed by atoms with Crippen molar-refractivity contribution in [3.8, 4) is 0 Å². The smallest absolute Gasteiger partial charge is 0.317 e. The zero-order valence-electron chi connectivity index (χ0n) is 15.3. The molecule has 0 bridgehead atoms. The Morgan fingerprint density at radius 1 is 1.26 bits per heavy atom. The summed E-state index contributed by atoms with van der Waals surface area (Å²) in [6.45, 7) is 2.35. The monoisotopic (exact) mass is 371 g/mol. The molecule has 2 fully saturated rings. The van der Waals surface area contributed by atoms with Crippen molar-refractivity contribution in [2.45, 2.75) is 50.7 Å². The zero-order valence-corrected chi connectivity index (χ0v) is 15.3. The minimum absolute atomic E-state index is 0.106. The number of pyridine rings is 1. The molecule has 1 N–H and O–H groups in total. The molecule has 0 aromatic carbocycles. The van der Waals surface area contributed by atoms with Gasteiger partial charge in [0.1, 0.15) is 0 Å². The summed E-state index contributed by atoms with van der Waals surface area (Å²) < 4.78 is 11.0. The number of nitrogens with one attached hydrogen (secondary N) is 1. The number of hydrogen-bond donors (Lipinski definition) is 1. The number of nitrogens with zero attached hydrogens (tertiary/aromatic N) is 4. The normalized spacial score (nSPS) is 19.2. The van der Waals surface area contributed by atoms with Gasteiger partial charge in [-0.1, -0.05) is 5.16 Å². The molecule has 1 unspecified atom stereocenters. The number of ether oxygens (including phenoxy) is 1. The third kappa shape index (κ3) is 5.03. The van der Waals surface area contributed by atoms with Gasteiger partial charge in [0.25, 0.3) is 0 Å². The second-order valence-corrected chi connectivity index (χ2v) is 7.17. The number of hydrogen-bond acceptors (Lipinski definition) is 6. The van der Waals surface area contributed by atoms with E-state index in [4.69, 9.17) is 9.26 Å². The maximum Gasteiger partial charge on any atom is 0.317 e. The summed E-state index contributed by atoms with van der Waals surface area (Å²) in [6, 6.07) is 3.74. The lowest BCUT2D eigenvalue weighted by atomic mass is 10.2. The maximum absolute atomic E-state index is 12.7. The third-order valence-corrected chi connectivity index (χ3v) is 4.90. The lowest BCUT2D eigenvalue weighted by Crippen LogP contribution is -2.43. The summed E-state index contributed by atoms with van der Waals surface area (Å²) >= 11 is 0. The number of aromatic nitrogens is 3. The molecule has 27 heavy (non-hydrogen) atoms. The quantitative estimate of drug-likeness (QED) is 0.765. The van der Waals surface area contributed by atoms with E-state index in [9.17, 15) is 4.79 Å². The van der Waals surface area contributed by atoms with Crippen LogP contribution >= 0.6 is 0 Å². The van der Waals surface area contributed by atoms with Crippen molar-refractivity contribution in [1.82, 2.24) is 25.3 Å². The Morgan fingerprint density at radius 2 is 2.11 bits per heavy atom. The Labute approximate surface area is 158 Å². The van der Waals surface area contributed by atoms with Gasteiger partial charge in [-0.2, -0.15) is 4.98 Å². The second-order valence-electron chi connectivity index (χ2n) is 7.17. The molecule has 8 nitrogen and oxygen atoms in total. The number of carbonyl (C=O) groups is 1. The molecule has 2 aliphatic rings. The van der Waals surface area contributed by atoms with Gasteiger partial charge in [-0.25, -0.2) is 4.79 Å². The molecule has 4 rings (SSSR count). The van der Waals surface area contributed by atoms with Crippen LogP contribution in [0.4, 0.5) is 4.79 Å². The van der Waals surface area contributed by atoms with Crippen LogP contribution in [-0.4, -0.2) is 51.9 Å². The molecule has 1 atom stereocenters. The summed E-state index contributed by atoms with van der Waals surface area (Å²) in [4.78, 5) is 23.0. The molecule has 1 saturated heterocycles. The Hall–Kier alpha value is -2.48. The minimum Gasteiger partial charge on any atom is -0.376 e. The minimum atomic E-state index is -0.107. The lowest BCUT2D eigenvalue weighted by molar-refractivity contribution is 0.0795. The number of urea groups is 1. The van der Waals surface area contributed by atoms with Crippen LogP contribution < -0.4 is 5.32 Å². The molecule has 1 aliphatic carbocycles. The Balaban J connectivity index is 1.30. The summed E-state index contributed by atoms with van der Waals surface area (Å²) in [5.74, 6) is 1.85. The Morgan fingerprint density at radius 3 is 2.85 bits per heavy atom. The predicted octanol–water partition coefficient (Wildman–Crippen LogP) is 2.28. The molecule has 144 valence electrons. The SMILES string of the molecule is O=C(NCCc1nc(C2CC2)no1)N(Cc1ccncc1)CC1CCCO1. The van der Waals surface area contributed by atoms with E-state index in [0.29, 0.717) is 37.9 Å². The topological polar surface area (TPSA) is 93.4 Å². The fourth-order valence-electron chi connectivity index (χ4n) is 3.23. The van der Waals surface area contributed by atoms with Gasteiger partial charge in [-0.3, -0.25) is 4.98 Å². The van der Waals surface area contributed by atoms with Crippen LogP contribution in [0, 0.1) is 0 Å². The van der Waals surface area contributed by atoms with Crippen molar-refractivity contribution in [2.24, 2.45) is 0 Å². The van der Waals surface area contributed by atoms with E-state index in [0.717, 1.165) is 43.7 Å². The summed E-state index contributed by atoms with van der Waals surface area (Å²) in [5, 5.41) is 6.97. The highest BCUT2D eigenvalue weighted by Gasteiger charge is 2.28. The number of amides is 2. The van der Waals surface area contributed by atoms with Crippen LogP contribution in [0.2, 0.25) is 0 Å². The first-order chi connectivity index (χ1) is 13.3. The molecule has 1 aliphatic heterocycles. The van der Waals surface area contributed by atoms with E-state index in [-0.39, 0.29) is 12.1 Å². The zero-order chi connectivity index (χ0) is 18.5. The van der Waals surface area contributed by atoms with Crippen molar-refractivity contribution in [1.29, 1.82) is 0 Å². The predicted molar refractivity (Wildman–Crippen MR) is 97.0 cm³/mol. The molecular weight excluding hydrogens is 346 g/mol. The van der Waals surface area contributed by atoms with Crippen LogP contribution in [-0.2, 0) is 17.7 Å². The lowest BCUT2D eigenvalue weighted by Gasteiger charge is -2.25. The number of carbonyl (C=O) groups excluding carboxylic acids is 1. The van der Waals surface area contributed by atoms with Crippen molar-refractivity contribution >= 4 is 6.03 Å².